The van der Waals surface area contributed by atoms with Gasteiger partial charge in [0.1, 0.15) is 0 Å². The second-order valence-corrected chi connectivity index (χ2v) is 5.61. The first-order chi connectivity index (χ1) is 9.04. The van der Waals surface area contributed by atoms with E-state index < -0.39 is 0 Å². The Morgan fingerprint density at radius 2 is 2.00 bits per heavy atom. The normalized spacial score (nSPS) is 23.3. The molecule has 5 heteroatoms. The van der Waals surface area contributed by atoms with Crippen molar-refractivity contribution < 1.29 is 4.79 Å². The Kier molecular flexibility index (Phi) is 4.32. The maximum atomic E-state index is 12.7. The first-order valence-electron chi connectivity index (χ1n) is 6.63. The number of nitrogen functional groups attached to an aromatic ring is 1. The van der Waals surface area contributed by atoms with E-state index in [0.717, 1.165) is 12.8 Å². The summed E-state index contributed by atoms with van der Waals surface area (Å²) in [5.41, 5.74) is 3.71. The fourth-order valence-corrected chi connectivity index (χ4v) is 2.95. The highest BCUT2D eigenvalue weighted by Crippen LogP contribution is 2.28. The third-order valence-corrected chi connectivity index (χ3v) is 4.03. The largest absolute Gasteiger partial charge is 0.333 e. The first kappa shape index (κ1) is 14.2. The summed E-state index contributed by atoms with van der Waals surface area (Å²) in [6.45, 7) is 4.18. The lowest BCUT2D eigenvalue weighted by Gasteiger charge is -2.39. The van der Waals surface area contributed by atoms with Crippen molar-refractivity contribution in [2.24, 2.45) is 5.84 Å². The molecule has 1 fully saturated rings. The van der Waals surface area contributed by atoms with Gasteiger partial charge in [0, 0.05) is 17.1 Å². The number of carbonyl (C=O) groups is 1. The zero-order valence-electron chi connectivity index (χ0n) is 11.3. The number of nitrogens with one attached hydrogen (secondary N) is 1. The number of piperidine rings is 1. The maximum absolute atomic E-state index is 12.7. The van der Waals surface area contributed by atoms with Gasteiger partial charge in [0.2, 0.25) is 0 Å². The molecule has 1 aromatic carbocycles. The summed E-state index contributed by atoms with van der Waals surface area (Å²) in [5.74, 6) is 5.47. The zero-order chi connectivity index (χ0) is 14.0. The standard InChI is InChI=1S/C14H20ClN3O/c1-9-4-3-5-10(2)18(9)14(19)12-8-11(15)6-7-13(12)17-16/h6-10,17H,3-5,16H2,1-2H3/t9-,10+. The summed E-state index contributed by atoms with van der Waals surface area (Å²) in [6.07, 6.45) is 3.26. The predicted octanol–water partition coefficient (Wildman–Crippen LogP) is 3.03. The number of hydrogen-bond donors (Lipinski definition) is 2. The van der Waals surface area contributed by atoms with E-state index in [1.165, 1.54) is 6.42 Å². The molecule has 1 heterocycles. The lowest BCUT2D eigenvalue weighted by molar-refractivity contribution is 0.0512. The lowest BCUT2D eigenvalue weighted by atomic mass is 9.96. The number of likely N-dealkylation sites (tertiary alicyclic amines) is 1. The molecule has 0 radical (unpaired) electrons. The number of halogens is 1. The predicted molar refractivity (Wildman–Crippen MR) is 78.2 cm³/mol. The van der Waals surface area contributed by atoms with Crippen LogP contribution in [0, 0.1) is 0 Å². The molecular formula is C14H20ClN3O. The number of hydrazine groups is 1. The zero-order valence-corrected chi connectivity index (χ0v) is 12.1. The van der Waals surface area contributed by atoms with E-state index in [1.54, 1.807) is 18.2 Å². The molecule has 1 aliphatic heterocycles. The minimum absolute atomic E-state index is 0.00449. The summed E-state index contributed by atoms with van der Waals surface area (Å²) in [5, 5.41) is 0.541. The van der Waals surface area contributed by atoms with E-state index in [-0.39, 0.29) is 18.0 Å². The molecule has 1 aromatic rings. The van der Waals surface area contributed by atoms with Crippen molar-refractivity contribution in [2.45, 2.75) is 45.2 Å². The van der Waals surface area contributed by atoms with Gasteiger partial charge in [0.15, 0.2) is 0 Å². The molecule has 1 saturated heterocycles. The van der Waals surface area contributed by atoms with E-state index in [2.05, 4.69) is 19.3 Å². The SMILES string of the molecule is C[C@@H]1CCC[C@H](C)N1C(=O)c1cc(Cl)ccc1NN. The second-order valence-electron chi connectivity index (χ2n) is 5.18. The van der Waals surface area contributed by atoms with Crippen molar-refractivity contribution in [3.63, 3.8) is 0 Å². The van der Waals surface area contributed by atoms with Crippen molar-refractivity contribution in [1.29, 1.82) is 0 Å². The number of benzene rings is 1. The summed E-state index contributed by atoms with van der Waals surface area (Å²) in [6, 6.07) is 5.63. The van der Waals surface area contributed by atoms with E-state index in [9.17, 15) is 4.79 Å². The molecular weight excluding hydrogens is 262 g/mol. The Labute approximate surface area is 118 Å². The van der Waals surface area contributed by atoms with Crippen LogP contribution >= 0.6 is 11.6 Å². The second kappa shape index (κ2) is 5.80. The highest BCUT2D eigenvalue weighted by atomic mass is 35.5. The van der Waals surface area contributed by atoms with Crippen LogP contribution in [0.5, 0.6) is 0 Å². The third-order valence-electron chi connectivity index (χ3n) is 3.80. The Hall–Kier alpha value is -1.26. The summed E-state index contributed by atoms with van der Waals surface area (Å²) in [4.78, 5) is 14.7. The Bertz CT molecular complexity index is 468. The van der Waals surface area contributed by atoms with Crippen molar-refractivity contribution in [3.8, 4) is 0 Å². The minimum Gasteiger partial charge on any atom is -0.333 e. The molecule has 0 unspecified atom stereocenters. The van der Waals surface area contributed by atoms with Crippen LogP contribution in [0.15, 0.2) is 18.2 Å². The molecule has 4 nitrogen and oxygen atoms in total. The van der Waals surface area contributed by atoms with Crippen LogP contribution < -0.4 is 11.3 Å². The van der Waals surface area contributed by atoms with E-state index in [0.29, 0.717) is 16.3 Å². The molecule has 3 N–H and O–H groups in total. The monoisotopic (exact) mass is 281 g/mol. The van der Waals surface area contributed by atoms with Gasteiger partial charge < -0.3 is 10.3 Å². The number of nitrogens with zero attached hydrogens (tertiary/aromatic N) is 1. The molecule has 0 bridgehead atoms. The van der Waals surface area contributed by atoms with Gasteiger partial charge in [-0.05, 0) is 51.3 Å². The van der Waals surface area contributed by atoms with Crippen molar-refractivity contribution in [3.05, 3.63) is 28.8 Å². The van der Waals surface area contributed by atoms with E-state index in [1.807, 2.05) is 4.90 Å². The lowest BCUT2D eigenvalue weighted by Crippen LogP contribution is -2.47. The highest BCUT2D eigenvalue weighted by Gasteiger charge is 2.30. The number of carbonyl (C=O) groups excluding carboxylic acids is 1. The molecule has 104 valence electrons. The minimum atomic E-state index is -0.00449. The van der Waals surface area contributed by atoms with Crippen molar-refractivity contribution in [2.75, 3.05) is 5.43 Å². The average molecular weight is 282 g/mol. The van der Waals surface area contributed by atoms with Gasteiger partial charge in [-0.2, -0.15) is 0 Å². The van der Waals surface area contributed by atoms with Crippen LogP contribution in [0.1, 0.15) is 43.5 Å². The van der Waals surface area contributed by atoms with Gasteiger partial charge in [-0.15, -0.1) is 0 Å². The van der Waals surface area contributed by atoms with Crippen LogP contribution in [-0.2, 0) is 0 Å². The van der Waals surface area contributed by atoms with Crippen molar-refractivity contribution >= 4 is 23.2 Å². The van der Waals surface area contributed by atoms with Gasteiger partial charge >= 0.3 is 0 Å². The quantitative estimate of drug-likeness (QED) is 0.647. The molecule has 19 heavy (non-hydrogen) atoms. The van der Waals surface area contributed by atoms with E-state index >= 15 is 0 Å². The molecule has 1 aliphatic rings. The van der Waals surface area contributed by atoms with E-state index in [4.69, 9.17) is 17.4 Å². The number of amides is 1. The smallest absolute Gasteiger partial charge is 0.256 e. The summed E-state index contributed by atoms with van der Waals surface area (Å²) >= 11 is 5.99. The average Bonchev–Trinajstić information content (AvgIpc) is 2.38. The Morgan fingerprint density at radius 3 is 2.58 bits per heavy atom. The molecule has 0 spiro atoms. The van der Waals surface area contributed by atoms with Gasteiger partial charge in [0.25, 0.3) is 5.91 Å². The molecule has 0 saturated carbocycles. The number of nitrogens with two attached hydrogens (primary N) is 1. The Morgan fingerprint density at radius 1 is 1.37 bits per heavy atom. The van der Waals surface area contributed by atoms with Gasteiger partial charge in [-0.3, -0.25) is 10.6 Å². The third kappa shape index (κ3) is 2.85. The summed E-state index contributed by atoms with van der Waals surface area (Å²) < 4.78 is 0. The number of anilines is 1. The fraction of sp³-hybridized carbons (Fsp3) is 0.500. The van der Waals surface area contributed by atoms with Crippen LogP contribution in [-0.4, -0.2) is 22.9 Å². The van der Waals surface area contributed by atoms with Crippen LogP contribution in [0.4, 0.5) is 5.69 Å². The Balaban J connectivity index is 2.35. The van der Waals surface area contributed by atoms with Crippen LogP contribution in [0.25, 0.3) is 0 Å². The topological polar surface area (TPSA) is 58.4 Å². The van der Waals surface area contributed by atoms with Gasteiger partial charge in [-0.1, -0.05) is 11.6 Å². The van der Waals surface area contributed by atoms with Gasteiger partial charge in [-0.25, -0.2) is 0 Å². The van der Waals surface area contributed by atoms with Crippen LogP contribution in [0.2, 0.25) is 5.02 Å². The van der Waals surface area contributed by atoms with Gasteiger partial charge in [0.05, 0.1) is 11.3 Å². The molecule has 0 aromatic heterocycles. The first-order valence-corrected chi connectivity index (χ1v) is 7.01. The van der Waals surface area contributed by atoms with Crippen LogP contribution in [0.3, 0.4) is 0 Å². The number of hydrogen-bond acceptors (Lipinski definition) is 3. The fourth-order valence-electron chi connectivity index (χ4n) is 2.78. The van der Waals surface area contributed by atoms with Crippen molar-refractivity contribution in [1.82, 2.24) is 4.90 Å². The summed E-state index contributed by atoms with van der Waals surface area (Å²) in [7, 11) is 0. The number of rotatable bonds is 2. The molecule has 2 atom stereocenters. The molecule has 0 aliphatic carbocycles. The maximum Gasteiger partial charge on any atom is 0.256 e. The molecule has 1 amide bonds. The highest BCUT2D eigenvalue weighted by molar-refractivity contribution is 6.31. The molecule has 2 rings (SSSR count).